The Morgan fingerprint density at radius 3 is 1.18 bits per heavy atom. The number of aryl methyl sites for hydroxylation is 8. The first-order valence-electron chi connectivity index (χ1n) is 36.6. The molecule has 0 amide bonds. The van der Waals surface area contributed by atoms with E-state index in [-0.39, 0.29) is 0 Å². The van der Waals surface area contributed by atoms with Gasteiger partial charge in [-0.15, -0.1) is 0 Å². The quantitative estimate of drug-likeness (QED) is 0.140. The average Bonchev–Trinajstić information content (AvgIpc) is 0.942. The van der Waals surface area contributed by atoms with E-state index in [9.17, 15) is 0 Å². The monoisotopic (exact) mass is 1390 g/mol. The summed E-state index contributed by atoms with van der Waals surface area (Å²) < 4.78 is 0. The SMILES string of the molecule is CC.CC.CC.CC.CC.CC.CC.CC.Cc1cc2ccccc2cn1.Cc1ccc2ccccc2n1.Cc1ccc2ccncc2n1.Cc1ccc2cnccc2n1.Cc1ccc2ncccc2n1.Cc1ccc2nccnc2c1.Cc1cnc2ccccc2n1.Cc1ncc2ccccc2n1. The van der Waals surface area contributed by atoms with Gasteiger partial charge in [0.2, 0.25) is 0 Å². The Bertz CT molecular complexity index is 3980. The first kappa shape index (κ1) is 90.6. The van der Waals surface area contributed by atoms with Crippen LogP contribution in [0.1, 0.15) is 156 Å². The molecule has 0 aliphatic rings. The number of nitrogens with zero attached hydrogens (tertiary/aromatic N) is 14. The number of pyridine rings is 8. The Labute approximate surface area is 621 Å². The average molecular weight is 1390 g/mol. The fraction of sp³-hybridized carbons (Fsp3) is 0.267. The van der Waals surface area contributed by atoms with Crippen LogP contribution >= 0.6 is 0 Å². The summed E-state index contributed by atoms with van der Waals surface area (Å²) in [7, 11) is 0. The molecule has 0 spiro atoms. The van der Waals surface area contributed by atoms with Crippen molar-refractivity contribution in [3.05, 3.63) is 302 Å². The van der Waals surface area contributed by atoms with Gasteiger partial charge >= 0.3 is 0 Å². The van der Waals surface area contributed by atoms with E-state index in [0.29, 0.717) is 0 Å². The molecule has 0 bridgehead atoms. The fourth-order valence-corrected chi connectivity index (χ4v) is 8.74. The molecule has 0 atom stereocenters. The maximum absolute atomic E-state index is 4.38. The Morgan fingerprint density at radius 2 is 0.567 bits per heavy atom. The van der Waals surface area contributed by atoms with Crippen molar-refractivity contribution in [1.82, 2.24) is 69.8 Å². The zero-order valence-corrected chi connectivity index (χ0v) is 66.5. The van der Waals surface area contributed by atoms with Crippen LogP contribution < -0.4 is 0 Å². The van der Waals surface area contributed by atoms with Gasteiger partial charge in [0.15, 0.2) is 0 Å². The third kappa shape index (κ3) is 33.0. The maximum Gasteiger partial charge on any atom is 0.125 e. The summed E-state index contributed by atoms with van der Waals surface area (Å²) in [6, 6.07) is 64.3. The number of hydrogen-bond acceptors (Lipinski definition) is 14. The summed E-state index contributed by atoms with van der Waals surface area (Å²) in [6.45, 7) is 47.8. The topological polar surface area (TPSA) is 180 Å². The summed E-state index contributed by atoms with van der Waals surface area (Å²) in [4.78, 5) is 58.9. The molecule has 0 aliphatic heterocycles. The number of aromatic nitrogens is 14. The van der Waals surface area contributed by atoms with Crippen LogP contribution in [0.2, 0.25) is 0 Å². The molecule has 16 aromatic rings. The first-order valence-corrected chi connectivity index (χ1v) is 36.6. The minimum absolute atomic E-state index is 0.823. The van der Waals surface area contributed by atoms with E-state index in [4.69, 9.17) is 0 Å². The van der Waals surface area contributed by atoms with Gasteiger partial charge in [-0.1, -0.05) is 202 Å². The molecule has 0 N–H and O–H groups in total. The second-order valence-corrected chi connectivity index (χ2v) is 20.4. The summed E-state index contributed by atoms with van der Waals surface area (Å²) in [5, 5.41) is 7.01. The van der Waals surface area contributed by atoms with E-state index in [2.05, 4.69) is 106 Å². The molecule has 104 heavy (non-hydrogen) atoms. The van der Waals surface area contributed by atoms with Crippen LogP contribution in [0.5, 0.6) is 0 Å². The number of benzene rings is 5. The molecular formula is C90H114N14. The minimum Gasteiger partial charge on any atom is -0.264 e. The van der Waals surface area contributed by atoms with Gasteiger partial charge in [-0.3, -0.25) is 54.8 Å². The second kappa shape index (κ2) is 55.3. The third-order valence-electron chi connectivity index (χ3n) is 13.2. The largest absolute Gasteiger partial charge is 0.264 e. The highest BCUT2D eigenvalue weighted by molar-refractivity contribution is 5.82. The van der Waals surface area contributed by atoms with Gasteiger partial charge in [0.1, 0.15) is 5.82 Å². The predicted molar refractivity (Wildman–Crippen MR) is 449 cm³/mol. The first-order chi connectivity index (χ1) is 50.9. The lowest BCUT2D eigenvalue weighted by molar-refractivity contribution is 1.09. The molecule has 0 aliphatic carbocycles. The zero-order chi connectivity index (χ0) is 77.5. The molecule has 11 aromatic heterocycles. The van der Waals surface area contributed by atoms with Crippen molar-refractivity contribution in [2.24, 2.45) is 0 Å². The maximum atomic E-state index is 4.38. The molecule has 544 valence electrons. The summed E-state index contributed by atoms with van der Waals surface area (Å²) in [6.07, 6.45) is 17.9. The highest BCUT2D eigenvalue weighted by atomic mass is 14.9. The smallest absolute Gasteiger partial charge is 0.125 e. The van der Waals surface area contributed by atoms with Crippen LogP contribution in [-0.4, -0.2) is 69.8 Å². The molecule has 14 heteroatoms. The molecule has 0 saturated carbocycles. The summed E-state index contributed by atoms with van der Waals surface area (Å²) in [5.74, 6) is 0.823. The molecular weight excluding hydrogens is 1280 g/mol. The Morgan fingerprint density at radius 1 is 0.183 bits per heavy atom. The van der Waals surface area contributed by atoms with Crippen molar-refractivity contribution < 1.29 is 0 Å². The standard InChI is InChI=1S/2C10H9N.6C9H8N2.8C2H6/c1-8-6-9-4-2-3-5-10(9)7-11-8;1-8-6-7-9-4-2-3-5-10(9)11-8;1-7-2-3-8-6-10-5-4-9(8)11-7;1-7-2-3-8-4-5-10-6-9(8)11-7;1-7-2-3-8-9(6-7)11-5-4-10-8;1-7-4-5-8-9(11-7)3-2-6-10-8;1-7-10-6-8-4-2-3-5-9(8)11-7;1-7-6-10-8-4-2-3-5-9(8)11-7;8*1-2/h2*2-7H,1H3;6*2-6H,1H3;8*1-2H3. The van der Waals surface area contributed by atoms with E-state index in [0.717, 1.165) is 111 Å². The van der Waals surface area contributed by atoms with Crippen molar-refractivity contribution in [3.63, 3.8) is 0 Å². The van der Waals surface area contributed by atoms with Gasteiger partial charge in [-0.2, -0.15) is 0 Å². The van der Waals surface area contributed by atoms with Gasteiger partial charge < -0.3 is 0 Å². The van der Waals surface area contributed by atoms with Crippen LogP contribution in [0.3, 0.4) is 0 Å². The highest BCUT2D eigenvalue weighted by Gasteiger charge is 1.99. The zero-order valence-electron chi connectivity index (χ0n) is 66.5. The van der Waals surface area contributed by atoms with E-state index in [1.165, 1.54) is 21.7 Å². The Kier molecular flexibility index (Phi) is 48.2. The lowest BCUT2D eigenvalue weighted by Crippen LogP contribution is -1.86. The molecule has 14 nitrogen and oxygen atoms in total. The van der Waals surface area contributed by atoms with Gasteiger partial charge in [0, 0.05) is 111 Å². The van der Waals surface area contributed by atoms with Crippen LogP contribution in [0.15, 0.2) is 256 Å². The molecule has 16 rings (SSSR count). The van der Waals surface area contributed by atoms with Crippen LogP contribution in [0, 0.1) is 55.4 Å². The lowest BCUT2D eigenvalue weighted by atomic mass is 10.1. The minimum atomic E-state index is 0.823. The summed E-state index contributed by atoms with van der Waals surface area (Å²) >= 11 is 0. The lowest BCUT2D eigenvalue weighted by Gasteiger charge is -1.96. The number of fused-ring (bicyclic) bond motifs is 8. The van der Waals surface area contributed by atoms with Crippen molar-refractivity contribution in [3.8, 4) is 0 Å². The molecule has 0 unspecified atom stereocenters. The molecule has 0 radical (unpaired) electrons. The number of para-hydroxylation sites is 4. The van der Waals surface area contributed by atoms with E-state index >= 15 is 0 Å². The number of rotatable bonds is 0. The van der Waals surface area contributed by atoms with Gasteiger partial charge in [-0.05, 0) is 169 Å². The van der Waals surface area contributed by atoms with Gasteiger partial charge in [-0.25, -0.2) is 15.0 Å². The van der Waals surface area contributed by atoms with Crippen LogP contribution in [-0.2, 0) is 0 Å². The number of hydrogen-bond donors (Lipinski definition) is 0. The predicted octanol–water partition coefficient (Wildman–Crippen LogP) is 24.9. The van der Waals surface area contributed by atoms with Gasteiger partial charge in [0.05, 0.1) is 67.1 Å². The third-order valence-corrected chi connectivity index (χ3v) is 13.2. The van der Waals surface area contributed by atoms with Crippen molar-refractivity contribution in [2.45, 2.75) is 166 Å². The van der Waals surface area contributed by atoms with E-state index in [1.807, 2.05) is 342 Å². The fourth-order valence-electron chi connectivity index (χ4n) is 8.74. The molecule has 11 heterocycles. The molecule has 0 saturated heterocycles. The van der Waals surface area contributed by atoms with E-state index in [1.54, 1.807) is 43.4 Å². The summed E-state index contributed by atoms with van der Waals surface area (Å²) in [5.41, 5.74) is 17.3. The van der Waals surface area contributed by atoms with Crippen LogP contribution in [0.25, 0.3) is 87.5 Å². The van der Waals surface area contributed by atoms with Crippen LogP contribution in [0.4, 0.5) is 0 Å². The van der Waals surface area contributed by atoms with E-state index < -0.39 is 0 Å². The Hall–Kier alpha value is -11.4. The Balaban J connectivity index is 0.000000578. The normalized spacial score (nSPS) is 9.15. The second-order valence-electron chi connectivity index (χ2n) is 20.4. The van der Waals surface area contributed by atoms with Crippen molar-refractivity contribution >= 4 is 87.5 Å². The van der Waals surface area contributed by atoms with Crippen molar-refractivity contribution in [1.29, 1.82) is 0 Å². The van der Waals surface area contributed by atoms with Crippen molar-refractivity contribution in [2.75, 3.05) is 0 Å². The van der Waals surface area contributed by atoms with Gasteiger partial charge in [0.25, 0.3) is 0 Å². The molecule has 5 aromatic carbocycles. The highest BCUT2D eigenvalue weighted by Crippen LogP contribution is 2.16. The molecule has 0 fully saturated rings.